The molecular formula is C19H31NO5. The third kappa shape index (κ3) is 11.5. The number of ether oxygens (including phenoxy) is 4. The molecular weight excluding hydrogens is 322 g/mol. The van der Waals surface area contributed by atoms with Gasteiger partial charge in [0, 0.05) is 25.8 Å². The number of benzene rings is 1. The highest BCUT2D eigenvalue weighted by atomic mass is 16.5. The Balaban J connectivity index is 1.82. The first-order valence-electron chi connectivity index (χ1n) is 8.91. The van der Waals surface area contributed by atoms with Gasteiger partial charge in [-0.1, -0.05) is 6.92 Å². The predicted molar refractivity (Wildman–Crippen MR) is 98.5 cm³/mol. The lowest BCUT2D eigenvalue weighted by Gasteiger charge is -2.08. The van der Waals surface area contributed by atoms with Gasteiger partial charge < -0.3 is 24.3 Å². The molecule has 1 aromatic carbocycles. The van der Waals surface area contributed by atoms with Gasteiger partial charge >= 0.3 is 0 Å². The minimum Gasteiger partial charge on any atom is -0.494 e. The van der Waals surface area contributed by atoms with E-state index < -0.39 is 0 Å². The van der Waals surface area contributed by atoms with Crippen molar-refractivity contribution in [1.82, 2.24) is 0 Å². The largest absolute Gasteiger partial charge is 0.494 e. The third-order valence-electron chi connectivity index (χ3n) is 3.50. The molecule has 1 N–H and O–H groups in total. The van der Waals surface area contributed by atoms with Crippen molar-refractivity contribution in [3.05, 3.63) is 24.3 Å². The number of unbranched alkanes of at least 4 members (excludes halogenated alkanes) is 1. The first-order valence-corrected chi connectivity index (χ1v) is 8.91. The lowest BCUT2D eigenvalue weighted by Crippen LogP contribution is -2.13. The van der Waals surface area contributed by atoms with E-state index >= 15 is 0 Å². The van der Waals surface area contributed by atoms with Crippen LogP contribution in [0, 0.1) is 0 Å². The molecule has 0 amide bonds. The van der Waals surface area contributed by atoms with E-state index in [1.54, 1.807) is 0 Å². The number of rotatable bonds is 16. The second kappa shape index (κ2) is 14.7. The van der Waals surface area contributed by atoms with E-state index in [4.69, 9.17) is 18.9 Å². The second-order valence-electron chi connectivity index (χ2n) is 5.50. The molecule has 6 nitrogen and oxygen atoms in total. The number of anilines is 1. The summed E-state index contributed by atoms with van der Waals surface area (Å²) >= 11 is 0. The molecule has 0 aliphatic rings. The average molecular weight is 353 g/mol. The van der Waals surface area contributed by atoms with Crippen LogP contribution < -0.4 is 10.1 Å². The molecule has 6 heteroatoms. The van der Waals surface area contributed by atoms with Gasteiger partial charge in [0.15, 0.2) is 5.78 Å². The molecule has 1 aromatic rings. The molecule has 0 aromatic heterocycles. The number of carbonyl (C=O) groups excluding carboxylic acids is 1. The quantitative estimate of drug-likeness (QED) is 0.461. The van der Waals surface area contributed by atoms with Gasteiger partial charge in [0.1, 0.15) is 12.4 Å². The van der Waals surface area contributed by atoms with Crippen molar-refractivity contribution in [2.75, 3.05) is 58.6 Å². The molecule has 0 bridgehead atoms. The van der Waals surface area contributed by atoms with Crippen LogP contribution in [0.25, 0.3) is 0 Å². The van der Waals surface area contributed by atoms with Crippen molar-refractivity contribution in [1.29, 1.82) is 0 Å². The number of hydrogen-bond donors (Lipinski definition) is 1. The molecule has 142 valence electrons. The van der Waals surface area contributed by atoms with Crippen LogP contribution in [-0.2, 0) is 19.0 Å². The van der Waals surface area contributed by atoms with Crippen molar-refractivity contribution >= 4 is 11.5 Å². The van der Waals surface area contributed by atoms with E-state index in [0.29, 0.717) is 46.1 Å². The molecule has 1 rings (SSSR count). The number of carbonyl (C=O) groups is 1. The molecule has 0 aliphatic carbocycles. The third-order valence-corrected chi connectivity index (χ3v) is 3.50. The zero-order valence-corrected chi connectivity index (χ0v) is 15.4. The highest BCUT2D eigenvalue weighted by Gasteiger charge is 1.98. The number of Topliss-reactive ketones (excluding diaryl/α,β-unsaturated/α-hetero) is 1. The lowest BCUT2D eigenvalue weighted by molar-refractivity contribution is -0.123. The summed E-state index contributed by atoms with van der Waals surface area (Å²) in [5.74, 6) is 0.999. The van der Waals surface area contributed by atoms with Crippen molar-refractivity contribution in [3.63, 3.8) is 0 Å². The molecule has 0 unspecified atom stereocenters. The molecule has 0 saturated carbocycles. The fourth-order valence-corrected chi connectivity index (χ4v) is 1.94. The maximum atomic E-state index is 11.0. The first-order chi connectivity index (χ1) is 12.3. The van der Waals surface area contributed by atoms with E-state index in [9.17, 15) is 4.79 Å². The summed E-state index contributed by atoms with van der Waals surface area (Å²) in [5.41, 5.74) is 1.07. The van der Waals surface area contributed by atoms with Crippen LogP contribution in [0.2, 0.25) is 0 Å². The molecule has 25 heavy (non-hydrogen) atoms. The summed E-state index contributed by atoms with van der Waals surface area (Å²) in [6.45, 7) is 5.43. The Labute approximate surface area is 150 Å². The topological polar surface area (TPSA) is 66.0 Å². The summed E-state index contributed by atoms with van der Waals surface area (Å²) in [6.07, 6.45) is 2.42. The van der Waals surface area contributed by atoms with E-state index in [1.807, 2.05) is 38.2 Å². The summed E-state index contributed by atoms with van der Waals surface area (Å²) in [6, 6.07) is 7.90. The van der Waals surface area contributed by atoms with Crippen LogP contribution in [0.4, 0.5) is 5.69 Å². The lowest BCUT2D eigenvalue weighted by atomic mass is 10.3. The number of nitrogens with one attached hydrogen (secondary N) is 1. The molecule has 0 fully saturated rings. The fraction of sp³-hybridized carbons (Fsp3) is 0.632. The number of hydrogen-bond acceptors (Lipinski definition) is 6. The standard InChI is InChI=1S/C19H31NO5/c1-3-18(21)16-24-15-14-23-13-12-22-10-4-5-11-25-19-8-6-17(20-2)7-9-19/h6-9,20H,3-5,10-16H2,1-2H3. The van der Waals surface area contributed by atoms with Gasteiger partial charge in [-0.05, 0) is 37.1 Å². The van der Waals surface area contributed by atoms with Crippen LogP contribution >= 0.6 is 0 Å². The van der Waals surface area contributed by atoms with Gasteiger partial charge in [-0.25, -0.2) is 0 Å². The fourth-order valence-electron chi connectivity index (χ4n) is 1.94. The van der Waals surface area contributed by atoms with E-state index in [-0.39, 0.29) is 12.4 Å². The summed E-state index contributed by atoms with van der Waals surface area (Å²) in [5, 5.41) is 3.07. The second-order valence-corrected chi connectivity index (χ2v) is 5.50. The first kappa shape index (κ1) is 21.4. The van der Waals surface area contributed by atoms with Gasteiger partial charge in [-0.3, -0.25) is 4.79 Å². The Morgan fingerprint density at radius 1 is 0.880 bits per heavy atom. The summed E-state index contributed by atoms with van der Waals surface area (Å²) < 4.78 is 21.7. The SMILES string of the molecule is CCC(=O)COCCOCCOCCCCOc1ccc(NC)cc1. The summed E-state index contributed by atoms with van der Waals surface area (Å²) in [4.78, 5) is 11.0. The zero-order valence-electron chi connectivity index (χ0n) is 15.4. The van der Waals surface area contributed by atoms with Gasteiger partial charge in [-0.2, -0.15) is 0 Å². The maximum absolute atomic E-state index is 11.0. The van der Waals surface area contributed by atoms with Gasteiger partial charge in [0.05, 0.1) is 33.0 Å². The predicted octanol–water partition coefficient (Wildman–Crippen LogP) is 2.92. The Morgan fingerprint density at radius 3 is 2.12 bits per heavy atom. The normalized spacial score (nSPS) is 10.6. The molecule has 0 heterocycles. The van der Waals surface area contributed by atoms with Crippen molar-refractivity contribution < 1.29 is 23.7 Å². The van der Waals surface area contributed by atoms with Crippen LogP contribution in [0.3, 0.4) is 0 Å². The Kier molecular flexibility index (Phi) is 12.6. The molecule has 0 atom stereocenters. The highest BCUT2D eigenvalue weighted by molar-refractivity contribution is 5.79. The Hall–Kier alpha value is -1.63. The van der Waals surface area contributed by atoms with Crippen molar-refractivity contribution in [2.45, 2.75) is 26.2 Å². The Morgan fingerprint density at radius 2 is 1.48 bits per heavy atom. The average Bonchev–Trinajstić information content (AvgIpc) is 2.65. The van der Waals surface area contributed by atoms with Crippen LogP contribution in [0.1, 0.15) is 26.2 Å². The Bertz CT molecular complexity index is 450. The zero-order chi connectivity index (χ0) is 18.2. The maximum Gasteiger partial charge on any atom is 0.158 e. The van der Waals surface area contributed by atoms with Gasteiger partial charge in [-0.15, -0.1) is 0 Å². The van der Waals surface area contributed by atoms with E-state index in [2.05, 4.69) is 5.32 Å². The van der Waals surface area contributed by atoms with E-state index in [1.165, 1.54) is 0 Å². The van der Waals surface area contributed by atoms with Crippen molar-refractivity contribution in [2.24, 2.45) is 0 Å². The monoisotopic (exact) mass is 353 g/mol. The van der Waals surface area contributed by atoms with Crippen LogP contribution in [0.15, 0.2) is 24.3 Å². The van der Waals surface area contributed by atoms with Gasteiger partial charge in [0.2, 0.25) is 0 Å². The minimum atomic E-state index is 0.113. The van der Waals surface area contributed by atoms with Crippen LogP contribution in [-0.4, -0.2) is 59.1 Å². The molecule has 0 saturated heterocycles. The van der Waals surface area contributed by atoms with E-state index in [0.717, 1.165) is 24.3 Å². The van der Waals surface area contributed by atoms with Crippen LogP contribution in [0.5, 0.6) is 5.75 Å². The smallest absolute Gasteiger partial charge is 0.158 e. The van der Waals surface area contributed by atoms with Crippen molar-refractivity contribution in [3.8, 4) is 5.75 Å². The minimum absolute atomic E-state index is 0.113. The molecule has 0 aliphatic heterocycles. The van der Waals surface area contributed by atoms with Gasteiger partial charge in [0.25, 0.3) is 0 Å². The number of ketones is 1. The summed E-state index contributed by atoms with van der Waals surface area (Å²) in [7, 11) is 1.89. The highest BCUT2D eigenvalue weighted by Crippen LogP contribution is 2.15. The molecule has 0 radical (unpaired) electrons. The molecule has 0 spiro atoms.